The Morgan fingerprint density at radius 2 is 1.78 bits per heavy atom. The van der Waals surface area contributed by atoms with E-state index in [-0.39, 0.29) is 0 Å². The molecule has 3 rings (SSSR count). The summed E-state index contributed by atoms with van der Waals surface area (Å²) in [4.78, 5) is 8.56. The van der Waals surface area contributed by atoms with Crippen LogP contribution >= 0.6 is 11.6 Å². The van der Waals surface area contributed by atoms with E-state index in [1.54, 1.807) is 32.4 Å². The maximum absolute atomic E-state index is 5.94. The number of benzene rings is 2. The molecule has 23 heavy (non-hydrogen) atoms. The number of nitrogens with zero attached hydrogens (tertiary/aromatic N) is 2. The Hall–Kier alpha value is -2.73. The van der Waals surface area contributed by atoms with Crippen molar-refractivity contribution >= 4 is 39.7 Å². The van der Waals surface area contributed by atoms with Crippen molar-refractivity contribution < 1.29 is 9.47 Å². The molecule has 1 heterocycles. The minimum absolute atomic E-state index is 0.495. The molecule has 0 radical (unpaired) electrons. The van der Waals surface area contributed by atoms with E-state index in [9.17, 15) is 0 Å². The molecule has 0 spiro atoms. The van der Waals surface area contributed by atoms with Gasteiger partial charge < -0.3 is 20.5 Å². The van der Waals surface area contributed by atoms with E-state index in [4.69, 9.17) is 26.8 Å². The van der Waals surface area contributed by atoms with E-state index in [0.29, 0.717) is 28.0 Å². The molecule has 0 atom stereocenters. The van der Waals surface area contributed by atoms with Crippen LogP contribution in [-0.2, 0) is 0 Å². The van der Waals surface area contributed by atoms with Gasteiger partial charge in [0.05, 0.1) is 30.4 Å². The van der Waals surface area contributed by atoms with Crippen molar-refractivity contribution in [1.29, 1.82) is 0 Å². The molecule has 0 saturated heterocycles. The fourth-order valence-corrected chi connectivity index (χ4v) is 2.36. The first-order valence-corrected chi connectivity index (χ1v) is 7.19. The zero-order valence-corrected chi connectivity index (χ0v) is 13.4. The molecule has 3 N–H and O–H groups in total. The lowest BCUT2D eigenvalue weighted by Gasteiger charge is -2.12. The van der Waals surface area contributed by atoms with Crippen molar-refractivity contribution in [1.82, 2.24) is 9.97 Å². The molecule has 0 saturated carbocycles. The summed E-state index contributed by atoms with van der Waals surface area (Å²) >= 11 is 5.94. The summed E-state index contributed by atoms with van der Waals surface area (Å²) in [6, 6.07) is 8.93. The van der Waals surface area contributed by atoms with Crippen LogP contribution in [0.1, 0.15) is 0 Å². The van der Waals surface area contributed by atoms with E-state index < -0.39 is 0 Å². The number of aromatic nitrogens is 2. The van der Waals surface area contributed by atoms with Gasteiger partial charge in [-0.25, -0.2) is 9.97 Å². The molecule has 0 aliphatic carbocycles. The smallest absolute Gasteiger partial charge is 0.162 e. The lowest BCUT2D eigenvalue weighted by Crippen LogP contribution is -1.98. The molecule has 0 aliphatic rings. The molecular weight excluding hydrogens is 316 g/mol. The number of halogens is 1. The maximum atomic E-state index is 5.94. The number of methoxy groups -OCH3 is 2. The average Bonchev–Trinajstić information content (AvgIpc) is 2.57. The van der Waals surface area contributed by atoms with Gasteiger partial charge in [-0.1, -0.05) is 11.6 Å². The topological polar surface area (TPSA) is 82.3 Å². The van der Waals surface area contributed by atoms with Gasteiger partial charge in [0.15, 0.2) is 11.5 Å². The van der Waals surface area contributed by atoms with Crippen LogP contribution in [0.2, 0.25) is 5.02 Å². The maximum Gasteiger partial charge on any atom is 0.162 e. The average molecular weight is 331 g/mol. The first kappa shape index (κ1) is 15.2. The molecule has 1 aromatic heterocycles. The number of nitrogens with two attached hydrogens (primary N) is 1. The van der Waals surface area contributed by atoms with E-state index in [1.807, 2.05) is 12.1 Å². The first-order chi connectivity index (χ1) is 11.1. The minimum Gasteiger partial charge on any atom is -0.493 e. The third-order valence-electron chi connectivity index (χ3n) is 3.40. The molecule has 2 aromatic carbocycles. The standard InChI is InChI=1S/C16H15ClN4O2/c1-22-14-6-10-13(7-15(14)23-2)19-8-20-16(10)21-9-3-4-11(17)12(18)5-9/h3-8H,18H2,1-2H3,(H,19,20,21). The van der Waals surface area contributed by atoms with E-state index in [2.05, 4.69) is 15.3 Å². The van der Waals surface area contributed by atoms with Gasteiger partial charge in [-0.2, -0.15) is 0 Å². The van der Waals surface area contributed by atoms with Crippen LogP contribution in [0.5, 0.6) is 11.5 Å². The zero-order valence-electron chi connectivity index (χ0n) is 12.6. The van der Waals surface area contributed by atoms with Gasteiger partial charge >= 0.3 is 0 Å². The molecule has 0 unspecified atom stereocenters. The summed E-state index contributed by atoms with van der Waals surface area (Å²) < 4.78 is 10.6. The Morgan fingerprint density at radius 3 is 2.48 bits per heavy atom. The predicted octanol–water partition coefficient (Wildman–Crippen LogP) is 3.63. The summed E-state index contributed by atoms with van der Waals surface area (Å²) in [6.07, 6.45) is 1.48. The lowest BCUT2D eigenvalue weighted by molar-refractivity contribution is 0.356. The van der Waals surface area contributed by atoms with Crippen molar-refractivity contribution in [2.45, 2.75) is 0 Å². The number of rotatable bonds is 4. The fourth-order valence-electron chi connectivity index (χ4n) is 2.24. The first-order valence-electron chi connectivity index (χ1n) is 6.81. The van der Waals surface area contributed by atoms with Crippen LogP contribution in [0.15, 0.2) is 36.7 Å². The number of hydrogen-bond acceptors (Lipinski definition) is 6. The second-order valence-corrected chi connectivity index (χ2v) is 5.22. The van der Waals surface area contributed by atoms with Crippen molar-refractivity contribution in [3.05, 3.63) is 41.7 Å². The number of anilines is 3. The van der Waals surface area contributed by atoms with Gasteiger partial charge in [-0.15, -0.1) is 0 Å². The third kappa shape index (κ3) is 2.93. The number of fused-ring (bicyclic) bond motifs is 1. The highest BCUT2D eigenvalue weighted by molar-refractivity contribution is 6.33. The van der Waals surface area contributed by atoms with E-state index in [0.717, 1.165) is 16.6 Å². The Labute approximate surface area is 138 Å². The Morgan fingerprint density at radius 1 is 1.04 bits per heavy atom. The molecule has 3 aromatic rings. The quantitative estimate of drug-likeness (QED) is 0.711. The van der Waals surface area contributed by atoms with E-state index in [1.165, 1.54) is 6.33 Å². The molecule has 0 aliphatic heterocycles. The monoisotopic (exact) mass is 330 g/mol. The predicted molar refractivity (Wildman–Crippen MR) is 91.8 cm³/mol. The van der Waals surface area contributed by atoms with E-state index >= 15 is 0 Å². The van der Waals surface area contributed by atoms with Gasteiger partial charge in [0.2, 0.25) is 0 Å². The number of nitrogens with one attached hydrogen (secondary N) is 1. The molecule has 6 nitrogen and oxygen atoms in total. The van der Waals surface area contributed by atoms with Gasteiger partial charge in [0, 0.05) is 17.1 Å². The highest BCUT2D eigenvalue weighted by Gasteiger charge is 2.11. The highest BCUT2D eigenvalue weighted by atomic mass is 35.5. The van der Waals surface area contributed by atoms with Crippen molar-refractivity contribution in [3.8, 4) is 11.5 Å². The lowest BCUT2D eigenvalue weighted by atomic mass is 10.2. The number of nitrogen functional groups attached to an aromatic ring is 1. The van der Waals surface area contributed by atoms with Crippen LogP contribution in [0.3, 0.4) is 0 Å². The van der Waals surface area contributed by atoms with Crippen molar-refractivity contribution in [2.75, 3.05) is 25.3 Å². The fraction of sp³-hybridized carbons (Fsp3) is 0.125. The van der Waals surface area contributed by atoms with Crippen LogP contribution < -0.4 is 20.5 Å². The van der Waals surface area contributed by atoms with Gasteiger partial charge in [0.1, 0.15) is 12.1 Å². The molecule has 0 fully saturated rings. The SMILES string of the molecule is COc1cc2ncnc(Nc3ccc(Cl)c(N)c3)c2cc1OC. The molecule has 7 heteroatoms. The summed E-state index contributed by atoms with van der Waals surface area (Å²) in [6.45, 7) is 0. The second-order valence-electron chi connectivity index (χ2n) is 4.81. The van der Waals surface area contributed by atoms with Crippen molar-refractivity contribution in [2.24, 2.45) is 0 Å². The number of ether oxygens (including phenoxy) is 2. The molecule has 118 valence electrons. The van der Waals surface area contributed by atoms with Crippen LogP contribution in [-0.4, -0.2) is 24.2 Å². The Balaban J connectivity index is 2.08. The second kappa shape index (κ2) is 6.18. The summed E-state index contributed by atoms with van der Waals surface area (Å²) in [7, 11) is 3.17. The molecular formula is C16H15ClN4O2. The van der Waals surface area contributed by atoms with Gasteiger partial charge in [-0.05, 0) is 24.3 Å². The normalized spacial score (nSPS) is 10.6. The molecule has 0 bridgehead atoms. The zero-order chi connectivity index (χ0) is 16.4. The minimum atomic E-state index is 0.495. The van der Waals surface area contributed by atoms with Crippen LogP contribution in [0.25, 0.3) is 10.9 Å². The third-order valence-corrected chi connectivity index (χ3v) is 3.74. The van der Waals surface area contributed by atoms with Crippen LogP contribution in [0.4, 0.5) is 17.2 Å². The summed E-state index contributed by atoms with van der Waals surface area (Å²) in [5.41, 5.74) is 7.84. The van der Waals surface area contributed by atoms with Gasteiger partial charge in [0.25, 0.3) is 0 Å². The molecule has 0 amide bonds. The largest absolute Gasteiger partial charge is 0.493 e. The summed E-state index contributed by atoms with van der Waals surface area (Å²) in [5, 5.41) is 4.53. The van der Waals surface area contributed by atoms with Crippen LogP contribution in [0, 0.1) is 0 Å². The number of hydrogen-bond donors (Lipinski definition) is 2. The van der Waals surface area contributed by atoms with Gasteiger partial charge in [-0.3, -0.25) is 0 Å². The Kier molecular flexibility index (Phi) is 4.08. The highest BCUT2D eigenvalue weighted by Crippen LogP contribution is 2.34. The van der Waals surface area contributed by atoms with Crippen molar-refractivity contribution in [3.63, 3.8) is 0 Å². The Bertz CT molecular complexity index is 870. The summed E-state index contributed by atoms with van der Waals surface area (Å²) in [5.74, 6) is 1.85.